The number of alkyl halides is 3. The quantitative estimate of drug-likeness (QED) is 0.468. The molecule has 1 aromatic rings. The van der Waals surface area contributed by atoms with Gasteiger partial charge in [0.25, 0.3) is 0 Å². The highest BCUT2D eigenvalue weighted by molar-refractivity contribution is 14.1. The van der Waals surface area contributed by atoms with E-state index in [9.17, 15) is 23.3 Å². The van der Waals surface area contributed by atoms with Crippen LogP contribution in [0.5, 0.6) is 11.6 Å². The van der Waals surface area contributed by atoms with Gasteiger partial charge >= 0.3 is 17.9 Å². The molecule has 1 rings (SSSR count). The molecule has 0 bridgehead atoms. The minimum Gasteiger partial charge on any atom is -0.489 e. The van der Waals surface area contributed by atoms with Gasteiger partial charge in [0.15, 0.2) is 0 Å². The van der Waals surface area contributed by atoms with Crippen molar-refractivity contribution in [2.24, 2.45) is 0 Å². The van der Waals surface area contributed by atoms with Gasteiger partial charge in [0, 0.05) is 6.20 Å². The molecule has 0 aliphatic rings. The Bertz CT molecular complexity index is 451. The predicted octanol–water partition coefficient (Wildman–Crippen LogP) is 2.50. The summed E-state index contributed by atoms with van der Waals surface area (Å²) < 4.78 is 44.3. The standard InChI is InChI=1S/C7H4F3IN2O4/c1-16-5-3(11)2-12-6(4(5)13(14)15)17-7(8,9)10/h2H,1H3. The van der Waals surface area contributed by atoms with Crippen LogP contribution in [0.4, 0.5) is 18.9 Å². The van der Waals surface area contributed by atoms with Gasteiger partial charge in [0.05, 0.1) is 15.6 Å². The van der Waals surface area contributed by atoms with Crippen LogP contribution in [0.3, 0.4) is 0 Å². The Morgan fingerprint density at radius 3 is 2.53 bits per heavy atom. The van der Waals surface area contributed by atoms with E-state index in [-0.39, 0.29) is 9.32 Å². The predicted molar refractivity (Wildman–Crippen MR) is 56.8 cm³/mol. The van der Waals surface area contributed by atoms with E-state index in [1.54, 1.807) is 22.6 Å². The molecule has 0 atom stereocenters. The fourth-order valence-electron chi connectivity index (χ4n) is 0.985. The number of nitro groups is 1. The fraction of sp³-hybridized carbons (Fsp3) is 0.286. The molecule has 10 heteroatoms. The second-order valence-corrected chi connectivity index (χ2v) is 3.76. The summed E-state index contributed by atoms with van der Waals surface area (Å²) in [6, 6.07) is 0. The number of pyridine rings is 1. The van der Waals surface area contributed by atoms with Crippen LogP contribution < -0.4 is 9.47 Å². The van der Waals surface area contributed by atoms with E-state index in [2.05, 4.69) is 14.5 Å². The molecule has 0 spiro atoms. The first-order valence-electron chi connectivity index (χ1n) is 3.89. The summed E-state index contributed by atoms with van der Waals surface area (Å²) >= 11 is 1.64. The van der Waals surface area contributed by atoms with Gasteiger partial charge in [-0.15, -0.1) is 13.2 Å². The Morgan fingerprint density at radius 2 is 2.12 bits per heavy atom. The van der Waals surface area contributed by atoms with Crippen LogP contribution in [-0.2, 0) is 0 Å². The number of aromatic nitrogens is 1. The highest BCUT2D eigenvalue weighted by Gasteiger charge is 2.37. The molecule has 0 saturated carbocycles. The van der Waals surface area contributed by atoms with Crippen molar-refractivity contribution >= 4 is 28.3 Å². The average Bonchev–Trinajstić information content (AvgIpc) is 2.17. The summed E-state index contributed by atoms with van der Waals surface area (Å²) in [5, 5.41) is 10.7. The zero-order valence-corrected chi connectivity index (χ0v) is 10.3. The zero-order chi connectivity index (χ0) is 13.2. The summed E-state index contributed by atoms with van der Waals surface area (Å²) in [6.45, 7) is 0. The maximum absolute atomic E-state index is 12.0. The van der Waals surface area contributed by atoms with Crippen molar-refractivity contribution < 1.29 is 27.6 Å². The molecular formula is C7H4F3IN2O4. The third-order valence-corrected chi connectivity index (χ3v) is 2.30. The van der Waals surface area contributed by atoms with Gasteiger partial charge in [-0.2, -0.15) is 0 Å². The van der Waals surface area contributed by atoms with Gasteiger partial charge in [-0.3, -0.25) is 10.1 Å². The Morgan fingerprint density at radius 1 is 1.53 bits per heavy atom. The molecule has 94 valence electrons. The number of ether oxygens (including phenoxy) is 2. The molecule has 0 unspecified atom stereocenters. The number of nitrogens with zero attached hydrogens (tertiary/aromatic N) is 2. The minimum atomic E-state index is -5.06. The van der Waals surface area contributed by atoms with Crippen LogP contribution in [-0.4, -0.2) is 23.4 Å². The molecule has 0 saturated heterocycles. The molecule has 6 nitrogen and oxygen atoms in total. The molecule has 0 amide bonds. The van der Waals surface area contributed by atoms with E-state index >= 15 is 0 Å². The largest absolute Gasteiger partial charge is 0.574 e. The fourth-order valence-corrected chi connectivity index (χ4v) is 1.60. The number of rotatable bonds is 3. The molecule has 0 aliphatic heterocycles. The molecule has 0 aliphatic carbocycles. The monoisotopic (exact) mass is 364 g/mol. The highest BCUT2D eigenvalue weighted by Crippen LogP contribution is 2.39. The Labute approximate surface area is 106 Å². The number of halogens is 4. The third kappa shape index (κ3) is 3.31. The van der Waals surface area contributed by atoms with Crippen LogP contribution in [0.1, 0.15) is 0 Å². The molecule has 0 N–H and O–H groups in total. The topological polar surface area (TPSA) is 74.5 Å². The van der Waals surface area contributed by atoms with Crippen LogP contribution >= 0.6 is 22.6 Å². The first-order valence-corrected chi connectivity index (χ1v) is 4.96. The molecule has 0 aromatic carbocycles. The molecule has 17 heavy (non-hydrogen) atoms. The first-order chi connectivity index (χ1) is 7.76. The van der Waals surface area contributed by atoms with Crippen LogP contribution in [0.15, 0.2) is 6.20 Å². The smallest absolute Gasteiger partial charge is 0.489 e. The summed E-state index contributed by atoms with van der Waals surface area (Å²) in [6.07, 6.45) is -4.08. The van der Waals surface area contributed by atoms with Gasteiger partial charge in [-0.05, 0) is 22.6 Å². The lowest BCUT2D eigenvalue weighted by Gasteiger charge is -2.10. The van der Waals surface area contributed by atoms with E-state index in [1.807, 2.05) is 0 Å². The molecule has 0 fully saturated rings. The SMILES string of the molecule is COc1c(I)cnc(OC(F)(F)F)c1[N+](=O)[O-]. The van der Waals surface area contributed by atoms with Crippen molar-refractivity contribution in [2.75, 3.05) is 7.11 Å². The summed E-state index contributed by atoms with van der Waals surface area (Å²) in [5.41, 5.74) is -0.961. The van der Waals surface area contributed by atoms with E-state index in [4.69, 9.17) is 0 Å². The van der Waals surface area contributed by atoms with Gasteiger partial charge in [0.1, 0.15) is 0 Å². The maximum atomic E-state index is 12.0. The van der Waals surface area contributed by atoms with E-state index < -0.39 is 22.9 Å². The van der Waals surface area contributed by atoms with Crippen molar-refractivity contribution in [1.29, 1.82) is 0 Å². The van der Waals surface area contributed by atoms with Gasteiger partial charge < -0.3 is 9.47 Å². The van der Waals surface area contributed by atoms with E-state index in [1.165, 1.54) is 0 Å². The van der Waals surface area contributed by atoms with Gasteiger partial charge in [-0.25, -0.2) is 4.98 Å². The summed E-state index contributed by atoms with van der Waals surface area (Å²) in [7, 11) is 1.10. The molecular weight excluding hydrogens is 360 g/mol. The number of hydrogen-bond donors (Lipinski definition) is 0. The lowest BCUT2D eigenvalue weighted by molar-refractivity contribution is -0.390. The van der Waals surface area contributed by atoms with Crippen LogP contribution in [0.25, 0.3) is 0 Å². The van der Waals surface area contributed by atoms with Crippen molar-refractivity contribution in [2.45, 2.75) is 6.36 Å². The molecule has 1 aromatic heterocycles. The van der Waals surface area contributed by atoms with Gasteiger partial charge in [-0.1, -0.05) is 0 Å². The highest BCUT2D eigenvalue weighted by atomic mass is 127. The first kappa shape index (κ1) is 13.7. The maximum Gasteiger partial charge on any atom is 0.574 e. The number of methoxy groups -OCH3 is 1. The van der Waals surface area contributed by atoms with Crippen molar-refractivity contribution in [3.8, 4) is 11.6 Å². The van der Waals surface area contributed by atoms with Crippen molar-refractivity contribution in [3.63, 3.8) is 0 Å². The Balaban J connectivity index is 3.36. The third-order valence-electron chi connectivity index (χ3n) is 1.53. The van der Waals surface area contributed by atoms with Crippen molar-refractivity contribution in [3.05, 3.63) is 19.9 Å². The van der Waals surface area contributed by atoms with Crippen molar-refractivity contribution in [1.82, 2.24) is 4.98 Å². The average molecular weight is 364 g/mol. The van der Waals surface area contributed by atoms with Crippen LogP contribution in [0.2, 0.25) is 0 Å². The molecule has 1 heterocycles. The summed E-state index contributed by atoms with van der Waals surface area (Å²) in [5.74, 6) is -1.48. The second-order valence-electron chi connectivity index (χ2n) is 2.60. The second kappa shape index (κ2) is 4.89. The number of hydrogen-bond acceptors (Lipinski definition) is 5. The minimum absolute atomic E-state index is 0.200. The van der Waals surface area contributed by atoms with Gasteiger partial charge in [0.2, 0.25) is 5.75 Å². The van der Waals surface area contributed by atoms with E-state index in [0.29, 0.717) is 0 Å². The van der Waals surface area contributed by atoms with E-state index in [0.717, 1.165) is 13.3 Å². The summed E-state index contributed by atoms with van der Waals surface area (Å²) in [4.78, 5) is 12.8. The normalized spacial score (nSPS) is 11.1. The lowest BCUT2D eigenvalue weighted by atomic mass is 10.4. The Kier molecular flexibility index (Phi) is 3.95. The Hall–Kier alpha value is -1.33. The zero-order valence-electron chi connectivity index (χ0n) is 8.12. The van der Waals surface area contributed by atoms with Crippen LogP contribution in [0, 0.1) is 13.7 Å². The molecule has 0 radical (unpaired) electrons. The lowest BCUT2D eigenvalue weighted by Crippen LogP contribution is -2.19.